The van der Waals surface area contributed by atoms with Gasteiger partial charge in [0.15, 0.2) is 0 Å². The third kappa shape index (κ3) is 3.03. The van der Waals surface area contributed by atoms with Crippen molar-refractivity contribution in [3.05, 3.63) is 54.1 Å². The molecule has 2 aromatic rings. The second-order valence-corrected chi connectivity index (χ2v) is 6.35. The molecule has 0 aliphatic heterocycles. The van der Waals surface area contributed by atoms with E-state index in [1.165, 1.54) is 11.6 Å². The number of primary sulfonamides is 1. The molecule has 0 aliphatic carbocycles. The van der Waals surface area contributed by atoms with Crippen LogP contribution in [0.5, 0.6) is 0 Å². The van der Waals surface area contributed by atoms with Gasteiger partial charge in [-0.3, -0.25) is 0 Å². The first-order valence-electron chi connectivity index (χ1n) is 6.12. The zero-order valence-corrected chi connectivity index (χ0v) is 11.8. The van der Waals surface area contributed by atoms with Crippen LogP contribution in [-0.2, 0) is 10.0 Å². The zero-order chi connectivity index (χ0) is 14.0. The van der Waals surface area contributed by atoms with E-state index >= 15 is 0 Å². The third-order valence-corrected chi connectivity index (χ3v) is 4.03. The molecule has 0 radical (unpaired) electrons. The van der Waals surface area contributed by atoms with Crippen molar-refractivity contribution < 1.29 is 8.42 Å². The van der Waals surface area contributed by atoms with Gasteiger partial charge in [0, 0.05) is 5.56 Å². The summed E-state index contributed by atoms with van der Waals surface area (Å²) >= 11 is 0. The molecule has 19 heavy (non-hydrogen) atoms. The molecule has 0 fully saturated rings. The first kappa shape index (κ1) is 13.8. The molecule has 0 aliphatic rings. The van der Waals surface area contributed by atoms with Gasteiger partial charge in [0.1, 0.15) is 0 Å². The Bertz CT molecular complexity index is 691. The van der Waals surface area contributed by atoms with E-state index in [0.717, 1.165) is 5.56 Å². The van der Waals surface area contributed by atoms with Crippen LogP contribution in [0.15, 0.2) is 53.4 Å². The topological polar surface area (TPSA) is 60.2 Å². The van der Waals surface area contributed by atoms with E-state index in [4.69, 9.17) is 5.14 Å². The normalized spacial score (nSPS) is 11.8. The molecular weight excluding hydrogens is 258 g/mol. The molecule has 0 bridgehead atoms. The Labute approximate surface area is 114 Å². The van der Waals surface area contributed by atoms with Crippen LogP contribution in [0.25, 0.3) is 11.1 Å². The molecule has 0 unspecified atom stereocenters. The van der Waals surface area contributed by atoms with E-state index in [2.05, 4.69) is 13.8 Å². The molecule has 2 N–H and O–H groups in total. The van der Waals surface area contributed by atoms with Crippen LogP contribution in [0.1, 0.15) is 25.3 Å². The van der Waals surface area contributed by atoms with Gasteiger partial charge in [0.05, 0.1) is 4.90 Å². The predicted molar refractivity (Wildman–Crippen MR) is 77.3 cm³/mol. The second kappa shape index (κ2) is 5.15. The summed E-state index contributed by atoms with van der Waals surface area (Å²) in [6, 6.07) is 14.7. The van der Waals surface area contributed by atoms with Crippen LogP contribution < -0.4 is 5.14 Å². The van der Waals surface area contributed by atoms with Crippen molar-refractivity contribution in [3.63, 3.8) is 0 Å². The predicted octanol–water partition coefficient (Wildman–Crippen LogP) is 3.12. The fourth-order valence-corrected chi connectivity index (χ4v) is 2.78. The fraction of sp³-hybridized carbons (Fsp3) is 0.200. The number of sulfonamides is 1. The second-order valence-electron chi connectivity index (χ2n) is 4.82. The van der Waals surface area contributed by atoms with Gasteiger partial charge in [-0.15, -0.1) is 0 Å². The lowest BCUT2D eigenvalue weighted by atomic mass is 9.97. The minimum atomic E-state index is -3.71. The van der Waals surface area contributed by atoms with E-state index in [1.54, 1.807) is 12.1 Å². The molecule has 2 rings (SSSR count). The van der Waals surface area contributed by atoms with Gasteiger partial charge in [-0.2, -0.15) is 0 Å². The first-order valence-corrected chi connectivity index (χ1v) is 7.66. The van der Waals surface area contributed by atoms with Gasteiger partial charge in [0.2, 0.25) is 10.0 Å². The highest BCUT2D eigenvalue weighted by molar-refractivity contribution is 7.89. The molecule has 0 saturated heterocycles. The summed E-state index contributed by atoms with van der Waals surface area (Å²) in [6.07, 6.45) is 0. The van der Waals surface area contributed by atoms with Gasteiger partial charge >= 0.3 is 0 Å². The van der Waals surface area contributed by atoms with Crippen LogP contribution in [0.3, 0.4) is 0 Å². The monoisotopic (exact) mass is 275 g/mol. The Morgan fingerprint density at radius 2 is 1.68 bits per heavy atom. The first-order chi connectivity index (χ1) is 8.89. The van der Waals surface area contributed by atoms with Crippen molar-refractivity contribution in [3.8, 4) is 11.1 Å². The van der Waals surface area contributed by atoms with Crippen LogP contribution in [0, 0.1) is 0 Å². The Kier molecular flexibility index (Phi) is 3.73. The molecule has 0 aromatic heterocycles. The smallest absolute Gasteiger partial charge is 0.225 e. The van der Waals surface area contributed by atoms with E-state index < -0.39 is 10.0 Å². The highest BCUT2D eigenvalue weighted by atomic mass is 32.2. The number of hydrogen-bond donors (Lipinski definition) is 1. The summed E-state index contributed by atoms with van der Waals surface area (Å²) in [6.45, 7) is 4.20. The molecule has 4 heteroatoms. The minimum absolute atomic E-state index is 0.163. The Morgan fingerprint density at radius 3 is 2.32 bits per heavy atom. The maximum atomic E-state index is 11.6. The fourth-order valence-electron chi connectivity index (χ4n) is 2.02. The summed E-state index contributed by atoms with van der Waals surface area (Å²) < 4.78 is 23.2. The summed E-state index contributed by atoms with van der Waals surface area (Å²) in [5.74, 6) is 0.390. The minimum Gasteiger partial charge on any atom is -0.225 e. The zero-order valence-electron chi connectivity index (χ0n) is 11.0. The Balaban J connectivity index is 2.63. The highest BCUT2D eigenvalue weighted by Gasteiger charge is 2.14. The van der Waals surface area contributed by atoms with E-state index in [-0.39, 0.29) is 4.90 Å². The molecule has 0 heterocycles. The van der Waals surface area contributed by atoms with Gasteiger partial charge in [0.25, 0.3) is 0 Å². The van der Waals surface area contributed by atoms with Gasteiger partial charge < -0.3 is 0 Å². The quantitative estimate of drug-likeness (QED) is 0.935. The molecule has 2 aromatic carbocycles. The van der Waals surface area contributed by atoms with Gasteiger partial charge in [-0.1, -0.05) is 56.3 Å². The van der Waals surface area contributed by atoms with Crippen LogP contribution in [-0.4, -0.2) is 8.42 Å². The van der Waals surface area contributed by atoms with Crippen LogP contribution >= 0.6 is 0 Å². The molecule has 0 spiro atoms. The molecule has 0 saturated carbocycles. The van der Waals surface area contributed by atoms with Crippen molar-refractivity contribution in [1.29, 1.82) is 0 Å². The Morgan fingerprint density at radius 1 is 1.00 bits per heavy atom. The van der Waals surface area contributed by atoms with E-state index in [0.29, 0.717) is 11.5 Å². The number of rotatable bonds is 3. The standard InChI is InChI=1S/C15H17NO2S/c1-11(2)12-6-5-7-13(10-12)14-8-3-4-9-15(14)19(16,17)18/h3-11H,1-2H3,(H2,16,17,18). The SMILES string of the molecule is CC(C)c1cccc(-c2ccccc2S(N)(=O)=O)c1. The van der Waals surface area contributed by atoms with E-state index in [9.17, 15) is 8.42 Å². The maximum absolute atomic E-state index is 11.6. The van der Waals surface area contributed by atoms with Crippen LogP contribution in [0.4, 0.5) is 0 Å². The molecule has 0 atom stereocenters. The van der Waals surface area contributed by atoms with Crippen molar-refractivity contribution >= 4 is 10.0 Å². The maximum Gasteiger partial charge on any atom is 0.238 e. The number of nitrogens with two attached hydrogens (primary N) is 1. The molecule has 0 amide bonds. The van der Waals surface area contributed by atoms with Crippen molar-refractivity contribution in [1.82, 2.24) is 0 Å². The van der Waals surface area contributed by atoms with Crippen LogP contribution in [0.2, 0.25) is 0 Å². The molecule has 3 nitrogen and oxygen atoms in total. The van der Waals surface area contributed by atoms with Gasteiger partial charge in [-0.05, 0) is 23.1 Å². The van der Waals surface area contributed by atoms with Crippen molar-refractivity contribution in [2.75, 3.05) is 0 Å². The summed E-state index contributed by atoms with van der Waals surface area (Å²) in [7, 11) is -3.71. The lowest BCUT2D eigenvalue weighted by Gasteiger charge is -2.11. The highest BCUT2D eigenvalue weighted by Crippen LogP contribution is 2.28. The largest absolute Gasteiger partial charge is 0.238 e. The molecular formula is C15H17NO2S. The summed E-state index contributed by atoms with van der Waals surface area (Å²) in [5.41, 5.74) is 2.69. The number of hydrogen-bond acceptors (Lipinski definition) is 2. The Hall–Kier alpha value is -1.65. The average Bonchev–Trinajstić information content (AvgIpc) is 2.38. The lowest BCUT2D eigenvalue weighted by Crippen LogP contribution is -2.13. The number of benzene rings is 2. The summed E-state index contributed by atoms with van der Waals surface area (Å²) in [5, 5.41) is 5.26. The van der Waals surface area contributed by atoms with Crippen molar-refractivity contribution in [2.24, 2.45) is 5.14 Å². The summed E-state index contributed by atoms with van der Waals surface area (Å²) in [4.78, 5) is 0.163. The van der Waals surface area contributed by atoms with Gasteiger partial charge in [-0.25, -0.2) is 13.6 Å². The lowest BCUT2D eigenvalue weighted by molar-refractivity contribution is 0.598. The van der Waals surface area contributed by atoms with E-state index in [1.807, 2.05) is 30.3 Å². The van der Waals surface area contributed by atoms with Crippen molar-refractivity contribution in [2.45, 2.75) is 24.7 Å². The molecule has 100 valence electrons. The average molecular weight is 275 g/mol. The third-order valence-electron chi connectivity index (χ3n) is 3.06.